The highest BCUT2D eigenvalue weighted by Gasteiger charge is 2.31. The van der Waals surface area contributed by atoms with E-state index in [1.807, 2.05) is 0 Å². The Labute approximate surface area is 127 Å². The summed E-state index contributed by atoms with van der Waals surface area (Å²) < 4.78 is 40.0. The van der Waals surface area contributed by atoms with Crippen LogP contribution in [0.25, 0.3) is 0 Å². The van der Waals surface area contributed by atoms with E-state index in [0.29, 0.717) is 19.4 Å². The Hall–Kier alpha value is -1.76. The molecular formula is C15H19F3N2O2. The Morgan fingerprint density at radius 1 is 1.32 bits per heavy atom. The number of hydrogen-bond acceptors (Lipinski definition) is 3. The summed E-state index contributed by atoms with van der Waals surface area (Å²) in [6.07, 6.45) is -1.97. The van der Waals surface area contributed by atoms with E-state index in [0.717, 1.165) is 24.9 Å². The normalized spacial score (nSPS) is 18.5. The molecule has 1 atom stereocenters. The second-order valence-corrected chi connectivity index (χ2v) is 5.31. The molecule has 22 heavy (non-hydrogen) atoms. The number of alkyl halides is 3. The van der Waals surface area contributed by atoms with Crippen LogP contribution in [0.3, 0.4) is 0 Å². The van der Waals surface area contributed by atoms with E-state index >= 15 is 0 Å². The molecule has 1 heterocycles. The number of ether oxygens (including phenoxy) is 1. The molecule has 1 unspecified atom stereocenters. The number of carbonyl (C=O) groups excluding carboxylic acids is 1. The number of benzene rings is 1. The number of carbonyl (C=O) groups is 1. The number of likely N-dealkylation sites (tertiary alicyclic amines) is 1. The van der Waals surface area contributed by atoms with Gasteiger partial charge in [0.05, 0.1) is 0 Å². The Kier molecular flexibility index (Phi) is 5.28. The van der Waals surface area contributed by atoms with Gasteiger partial charge in [-0.05, 0) is 37.0 Å². The summed E-state index contributed by atoms with van der Waals surface area (Å²) >= 11 is 0. The fourth-order valence-corrected chi connectivity index (χ4v) is 2.66. The van der Waals surface area contributed by atoms with Crippen LogP contribution in [-0.4, -0.2) is 36.3 Å². The van der Waals surface area contributed by atoms with Gasteiger partial charge in [-0.15, -0.1) is 13.2 Å². The average Bonchev–Trinajstić information content (AvgIpc) is 2.93. The highest BCUT2D eigenvalue weighted by molar-refractivity contribution is 5.77. The van der Waals surface area contributed by atoms with Gasteiger partial charge in [-0.25, -0.2) is 0 Å². The first-order valence-corrected chi connectivity index (χ1v) is 7.23. The molecule has 1 aliphatic heterocycles. The number of nitrogens with zero attached hydrogens (tertiary/aromatic N) is 1. The van der Waals surface area contributed by atoms with Gasteiger partial charge in [0.25, 0.3) is 0 Å². The van der Waals surface area contributed by atoms with Crippen molar-refractivity contribution in [1.29, 1.82) is 0 Å². The molecule has 0 saturated carbocycles. The SMILES string of the molecule is NCC1CCCN1C(=O)CCc1ccc(OC(F)(F)F)cc1. The van der Waals surface area contributed by atoms with Gasteiger partial charge in [-0.2, -0.15) is 0 Å². The largest absolute Gasteiger partial charge is 0.573 e. The molecule has 1 fully saturated rings. The van der Waals surface area contributed by atoms with Crippen molar-refractivity contribution >= 4 is 5.91 Å². The number of nitrogens with two attached hydrogens (primary N) is 1. The molecule has 2 rings (SSSR count). The standard InChI is InChI=1S/C15H19F3N2O2/c16-15(17,18)22-13-6-3-11(4-7-13)5-8-14(21)20-9-1-2-12(20)10-19/h3-4,6-7,12H,1-2,5,8-10,19H2. The Morgan fingerprint density at radius 3 is 2.59 bits per heavy atom. The molecule has 0 radical (unpaired) electrons. The van der Waals surface area contributed by atoms with E-state index in [2.05, 4.69) is 4.74 Å². The lowest BCUT2D eigenvalue weighted by Gasteiger charge is -2.23. The molecule has 0 bridgehead atoms. The average molecular weight is 316 g/mol. The van der Waals surface area contributed by atoms with Crippen molar-refractivity contribution in [3.63, 3.8) is 0 Å². The summed E-state index contributed by atoms with van der Waals surface area (Å²) in [6, 6.07) is 5.71. The van der Waals surface area contributed by atoms with Gasteiger partial charge in [0, 0.05) is 25.6 Å². The maximum atomic E-state index is 12.1. The van der Waals surface area contributed by atoms with Crippen molar-refractivity contribution in [2.75, 3.05) is 13.1 Å². The van der Waals surface area contributed by atoms with Crippen LogP contribution in [0.4, 0.5) is 13.2 Å². The topological polar surface area (TPSA) is 55.6 Å². The molecule has 122 valence electrons. The predicted molar refractivity (Wildman–Crippen MR) is 75.2 cm³/mol. The second-order valence-electron chi connectivity index (χ2n) is 5.31. The highest BCUT2D eigenvalue weighted by atomic mass is 19.4. The first-order valence-electron chi connectivity index (χ1n) is 7.23. The smallest absolute Gasteiger partial charge is 0.406 e. The van der Waals surface area contributed by atoms with E-state index < -0.39 is 6.36 Å². The fraction of sp³-hybridized carbons (Fsp3) is 0.533. The Bertz CT molecular complexity index is 503. The monoisotopic (exact) mass is 316 g/mol. The maximum absolute atomic E-state index is 12.1. The molecule has 1 aliphatic rings. The van der Waals surface area contributed by atoms with Crippen LogP contribution < -0.4 is 10.5 Å². The zero-order valence-electron chi connectivity index (χ0n) is 12.1. The lowest BCUT2D eigenvalue weighted by atomic mass is 10.1. The number of rotatable bonds is 5. The molecule has 1 aromatic rings. The second kappa shape index (κ2) is 7.00. The van der Waals surface area contributed by atoms with Gasteiger partial charge in [-0.1, -0.05) is 12.1 Å². The number of halogens is 3. The third kappa shape index (κ3) is 4.62. The van der Waals surface area contributed by atoms with Crippen molar-refractivity contribution in [3.8, 4) is 5.75 Å². The summed E-state index contributed by atoms with van der Waals surface area (Å²) in [4.78, 5) is 13.9. The van der Waals surface area contributed by atoms with E-state index in [1.165, 1.54) is 12.1 Å². The van der Waals surface area contributed by atoms with Crippen LogP contribution in [-0.2, 0) is 11.2 Å². The summed E-state index contributed by atoms with van der Waals surface area (Å²) in [5.74, 6) is -0.214. The molecule has 1 saturated heterocycles. The maximum Gasteiger partial charge on any atom is 0.573 e. The summed E-state index contributed by atoms with van der Waals surface area (Å²) in [6.45, 7) is 1.20. The first kappa shape index (κ1) is 16.6. The van der Waals surface area contributed by atoms with Crippen LogP contribution in [0.5, 0.6) is 5.75 Å². The van der Waals surface area contributed by atoms with E-state index in [1.54, 1.807) is 17.0 Å². The third-order valence-corrected chi connectivity index (χ3v) is 3.75. The van der Waals surface area contributed by atoms with Crippen molar-refractivity contribution < 1.29 is 22.7 Å². The van der Waals surface area contributed by atoms with Gasteiger partial charge in [0.15, 0.2) is 0 Å². The van der Waals surface area contributed by atoms with Crippen LogP contribution in [0, 0.1) is 0 Å². The van der Waals surface area contributed by atoms with Gasteiger partial charge in [0.2, 0.25) is 5.91 Å². The minimum atomic E-state index is -4.69. The molecule has 1 aromatic carbocycles. The van der Waals surface area contributed by atoms with Crippen molar-refractivity contribution in [2.24, 2.45) is 5.73 Å². The van der Waals surface area contributed by atoms with Crippen molar-refractivity contribution in [2.45, 2.75) is 38.1 Å². The summed E-state index contributed by atoms with van der Waals surface area (Å²) in [7, 11) is 0. The van der Waals surface area contributed by atoms with Gasteiger partial charge in [0.1, 0.15) is 5.75 Å². The third-order valence-electron chi connectivity index (χ3n) is 3.75. The minimum absolute atomic E-state index is 0.0450. The molecule has 0 aliphatic carbocycles. The van der Waals surface area contributed by atoms with E-state index in [-0.39, 0.29) is 17.7 Å². The predicted octanol–water partition coefficient (Wildman–Crippen LogP) is 2.47. The van der Waals surface area contributed by atoms with Crippen LogP contribution >= 0.6 is 0 Å². The van der Waals surface area contributed by atoms with Crippen molar-refractivity contribution in [3.05, 3.63) is 29.8 Å². The Balaban J connectivity index is 1.85. The van der Waals surface area contributed by atoms with E-state index in [4.69, 9.17) is 5.73 Å². The zero-order chi connectivity index (χ0) is 16.2. The molecule has 2 N–H and O–H groups in total. The molecule has 1 amide bonds. The summed E-state index contributed by atoms with van der Waals surface area (Å²) in [5, 5.41) is 0. The number of aryl methyl sites for hydroxylation is 1. The lowest BCUT2D eigenvalue weighted by Crippen LogP contribution is -2.39. The molecule has 7 heteroatoms. The van der Waals surface area contributed by atoms with Crippen molar-refractivity contribution in [1.82, 2.24) is 4.90 Å². The lowest BCUT2D eigenvalue weighted by molar-refractivity contribution is -0.274. The van der Waals surface area contributed by atoms with Crippen LogP contribution in [0.15, 0.2) is 24.3 Å². The van der Waals surface area contributed by atoms with E-state index in [9.17, 15) is 18.0 Å². The minimum Gasteiger partial charge on any atom is -0.406 e. The van der Waals surface area contributed by atoms with Gasteiger partial charge < -0.3 is 15.4 Å². The van der Waals surface area contributed by atoms with Gasteiger partial charge >= 0.3 is 6.36 Å². The highest BCUT2D eigenvalue weighted by Crippen LogP contribution is 2.23. The fourth-order valence-electron chi connectivity index (χ4n) is 2.66. The molecular weight excluding hydrogens is 297 g/mol. The Morgan fingerprint density at radius 2 is 2.00 bits per heavy atom. The quantitative estimate of drug-likeness (QED) is 0.908. The van der Waals surface area contributed by atoms with Gasteiger partial charge in [-0.3, -0.25) is 4.79 Å². The molecule has 0 spiro atoms. The number of amides is 1. The molecule has 0 aromatic heterocycles. The summed E-state index contributed by atoms with van der Waals surface area (Å²) in [5.41, 5.74) is 6.43. The van der Waals surface area contributed by atoms with Crippen LogP contribution in [0.1, 0.15) is 24.8 Å². The first-order chi connectivity index (χ1) is 10.4. The molecule has 4 nitrogen and oxygen atoms in total. The van der Waals surface area contributed by atoms with Crippen LogP contribution in [0.2, 0.25) is 0 Å². The zero-order valence-corrected chi connectivity index (χ0v) is 12.1. The number of hydrogen-bond donors (Lipinski definition) is 1.